The van der Waals surface area contributed by atoms with Gasteiger partial charge in [-0.2, -0.15) is 0 Å². The Morgan fingerprint density at radius 2 is 1.95 bits per heavy atom. The maximum absolute atomic E-state index is 11.4. The highest BCUT2D eigenvalue weighted by atomic mass is 79.9. The molecule has 0 bridgehead atoms. The van der Waals surface area contributed by atoms with Crippen molar-refractivity contribution in [3.8, 4) is 0 Å². The maximum Gasteiger partial charge on any atom is 0.228 e. The normalized spacial score (nSPS) is 21.1. The number of hydrogen-bond acceptors (Lipinski definition) is 1. The largest absolute Gasteiger partial charge is 0.326 e. The van der Waals surface area contributed by atoms with E-state index in [0.29, 0.717) is 11.2 Å². The first kappa shape index (κ1) is 14.1. The van der Waals surface area contributed by atoms with E-state index in [-0.39, 0.29) is 5.91 Å². The van der Waals surface area contributed by atoms with Gasteiger partial charge in [0.2, 0.25) is 5.91 Å². The van der Waals surface area contributed by atoms with Gasteiger partial charge in [-0.15, -0.1) is 0 Å². The van der Waals surface area contributed by atoms with Crippen molar-refractivity contribution in [3.05, 3.63) is 29.3 Å². The van der Waals surface area contributed by atoms with Gasteiger partial charge < -0.3 is 5.32 Å². The summed E-state index contributed by atoms with van der Waals surface area (Å²) >= 11 is 3.87. The zero-order valence-electron chi connectivity index (χ0n) is 11.8. The number of carbonyl (C=O) groups is 1. The lowest BCUT2D eigenvalue weighted by Gasteiger charge is -2.19. The molecule has 1 fully saturated rings. The molecule has 3 rings (SSSR count). The lowest BCUT2D eigenvalue weighted by atomic mass is 9.92. The molecule has 20 heavy (non-hydrogen) atoms. The quantitative estimate of drug-likeness (QED) is 0.612. The molecule has 1 N–H and O–H groups in total. The number of amides is 1. The summed E-state index contributed by atoms with van der Waals surface area (Å²) in [7, 11) is 0. The fourth-order valence-electron chi connectivity index (χ4n) is 3.47. The first-order chi connectivity index (χ1) is 9.72. The van der Waals surface area contributed by atoms with Crippen molar-refractivity contribution in [2.75, 3.05) is 5.32 Å². The topological polar surface area (TPSA) is 29.1 Å². The molecule has 0 aromatic heterocycles. The second-order valence-electron chi connectivity index (χ2n) is 6.20. The van der Waals surface area contributed by atoms with Crippen LogP contribution in [-0.2, 0) is 11.2 Å². The van der Waals surface area contributed by atoms with Crippen molar-refractivity contribution in [2.24, 2.45) is 5.92 Å². The number of anilines is 1. The molecular weight excluding hydrogens is 314 g/mol. The molecule has 1 heterocycles. The molecule has 1 aliphatic heterocycles. The van der Waals surface area contributed by atoms with E-state index in [9.17, 15) is 4.79 Å². The third kappa shape index (κ3) is 3.25. The molecule has 2 nitrogen and oxygen atoms in total. The summed E-state index contributed by atoms with van der Waals surface area (Å²) in [5, 5.41) is 2.90. The van der Waals surface area contributed by atoms with Gasteiger partial charge in [0.05, 0.1) is 6.42 Å². The second-order valence-corrected chi connectivity index (χ2v) is 7.31. The Bertz CT molecular complexity index is 492. The first-order valence-electron chi connectivity index (χ1n) is 7.79. The van der Waals surface area contributed by atoms with Crippen LogP contribution in [0.3, 0.4) is 0 Å². The minimum Gasteiger partial charge on any atom is -0.326 e. The van der Waals surface area contributed by atoms with Gasteiger partial charge >= 0.3 is 0 Å². The van der Waals surface area contributed by atoms with E-state index in [2.05, 4.69) is 39.4 Å². The number of halogens is 1. The van der Waals surface area contributed by atoms with Crippen LogP contribution in [0.4, 0.5) is 5.69 Å². The second kappa shape index (κ2) is 6.30. The average molecular weight is 336 g/mol. The van der Waals surface area contributed by atoms with Gasteiger partial charge in [0.15, 0.2) is 0 Å². The summed E-state index contributed by atoms with van der Waals surface area (Å²) in [5.41, 5.74) is 3.47. The van der Waals surface area contributed by atoms with E-state index in [1.165, 1.54) is 50.5 Å². The maximum atomic E-state index is 11.4. The van der Waals surface area contributed by atoms with Crippen LogP contribution >= 0.6 is 15.9 Å². The predicted octanol–water partition coefficient (Wildman–Crippen LogP) is 4.98. The Hall–Kier alpha value is -0.830. The summed E-state index contributed by atoms with van der Waals surface area (Å²) in [4.78, 5) is 11.8. The van der Waals surface area contributed by atoms with E-state index >= 15 is 0 Å². The zero-order valence-corrected chi connectivity index (χ0v) is 13.4. The summed E-state index contributed by atoms with van der Waals surface area (Å²) in [6.07, 6.45) is 10.1. The standard InChI is InChI=1S/C17H22BrNO/c18-15(9-12-5-3-1-2-4-6-12)13-7-8-16-14(10-13)11-17(20)19-16/h7-8,10,12,15H,1-6,9,11H2,(H,19,20). The zero-order chi connectivity index (χ0) is 13.9. The van der Waals surface area contributed by atoms with Crippen LogP contribution in [0.2, 0.25) is 0 Å². The number of rotatable bonds is 3. The predicted molar refractivity (Wildman–Crippen MR) is 86.3 cm³/mol. The summed E-state index contributed by atoms with van der Waals surface area (Å²) in [6, 6.07) is 6.40. The monoisotopic (exact) mass is 335 g/mol. The third-order valence-electron chi connectivity index (χ3n) is 4.63. The van der Waals surface area contributed by atoms with E-state index < -0.39 is 0 Å². The number of alkyl halides is 1. The summed E-state index contributed by atoms with van der Waals surface area (Å²) < 4.78 is 0. The fraction of sp³-hybridized carbons (Fsp3) is 0.588. The van der Waals surface area contributed by atoms with Crippen molar-refractivity contribution in [3.63, 3.8) is 0 Å². The van der Waals surface area contributed by atoms with Crippen LogP contribution in [0.1, 0.15) is 60.9 Å². The Morgan fingerprint density at radius 3 is 2.70 bits per heavy atom. The number of hydrogen-bond donors (Lipinski definition) is 1. The van der Waals surface area contributed by atoms with E-state index in [1.54, 1.807) is 0 Å². The highest BCUT2D eigenvalue weighted by Gasteiger charge is 2.21. The van der Waals surface area contributed by atoms with Gasteiger partial charge in [-0.1, -0.05) is 66.6 Å². The van der Waals surface area contributed by atoms with E-state index in [0.717, 1.165) is 17.2 Å². The SMILES string of the molecule is O=C1Cc2cc(C(Br)CC3CCCCCC3)ccc2N1. The Morgan fingerprint density at radius 1 is 1.20 bits per heavy atom. The van der Waals surface area contributed by atoms with Crippen LogP contribution in [-0.4, -0.2) is 5.91 Å². The molecule has 1 aromatic carbocycles. The molecule has 0 saturated heterocycles. The molecule has 1 aliphatic carbocycles. The number of nitrogens with one attached hydrogen (secondary N) is 1. The molecule has 1 unspecified atom stereocenters. The number of fused-ring (bicyclic) bond motifs is 1. The number of carbonyl (C=O) groups excluding carboxylic acids is 1. The van der Waals surface area contributed by atoms with Gasteiger partial charge in [0.1, 0.15) is 0 Å². The highest BCUT2D eigenvalue weighted by molar-refractivity contribution is 9.09. The van der Waals surface area contributed by atoms with E-state index in [1.807, 2.05) is 0 Å². The summed E-state index contributed by atoms with van der Waals surface area (Å²) in [6.45, 7) is 0. The molecule has 0 spiro atoms. The molecular formula is C17H22BrNO. The molecule has 3 heteroatoms. The van der Waals surface area contributed by atoms with Crippen molar-refractivity contribution >= 4 is 27.5 Å². The van der Waals surface area contributed by atoms with Crippen molar-refractivity contribution in [2.45, 2.75) is 56.2 Å². The van der Waals surface area contributed by atoms with Crippen LogP contribution < -0.4 is 5.32 Å². The molecule has 1 aromatic rings. The lowest BCUT2D eigenvalue weighted by molar-refractivity contribution is -0.115. The molecule has 2 aliphatic rings. The van der Waals surface area contributed by atoms with Gasteiger partial charge in [-0.05, 0) is 29.5 Å². The lowest BCUT2D eigenvalue weighted by Crippen LogP contribution is -2.03. The molecule has 1 atom stereocenters. The molecule has 1 amide bonds. The van der Waals surface area contributed by atoms with Crippen molar-refractivity contribution in [1.82, 2.24) is 0 Å². The van der Waals surface area contributed by atoms with Crippen LogP contribution in [0, 0.1) is 5.92 Å². The Kier molecular flexibility index (Phi) is 4.45. The molecule has 108 valence electrons. The van der Waals surface area contributed by atoms with Crippen LogP contribution in [0.5, 0.6) is 0 Å². The molecule has 0 radical (unpaired) electrons. The Labute approximate surface area is 129 Å². The molecule has 1 saturated carbocycles. The van der Waals surface area contributed by atoms with Gasteiger partial charge in [0.25, 0.3) is 0 Å². The third-order valence-corrected chi connectivity index (χ3v) is 5.53. The van der Waals surface area contributed by atoms with Crippen molar-refractivity contribution in [1.29, 1.82) is 0 Å². The highest BCUT2D eigenvalue weighted by Crippen LogP contribution is 2.37. The average Bonchev–Trinajstić information content (AvgIpc) is 2.62. The van der Waals surface area contributed by atoms with Crippen molar-refractivity contribution < 1.29 is 4.79 Å². The van der Waals surface area contributed by atoms with Gasteiger partial charge in [-0.25, -0.2) is 0 Å². The first-order valence-corrected chi connectivity index (χ1v) is 8.70. The minimum atomic E-state index is 0.118. The van der Waals surface area contributed by atoms with Gasteiger partial charge in [-0.3, -0.25) is 4.79 Å². The smallest absolute Gasteiger partial charge is 0.228 e. The Balaban J connectivity index is 1.66. The van der Waals surface area contributed by atoms with Crippen LogP contribution in [0.15, 0.2) is 18.2 Å². The number of benzene rings is 1. The van der Waals surface area contributed by atoms with E-state index in [4.69, 9.17) is 0 Å². The van der Waals surface area contributed by atoms with Crippen LogP contribution in [0.25, 0.3) is 0 Å². The van der Waals surface area contributed by atoms with Gasteiger partial charge in [0, 0.05) is 10.5 Å². The fourth-order valence-corrected chi connectivity index (χ4v) is 4.29. The minimum absolute atomic E-state index is 0.118. The summed E-state index contributed by atoms with van der Waals surface area (Å²) in [5.74, 6) is 0.974.